The van der Waals surface area contributed by atoms with Crippen LogP contribution in [-0.2, 0) is 0 Å². The summed E-state index contributed by atoms with van der Waals surface area (Å²) in [5, 5.41) is 12.6. The predicted octanol–water partition coefficient (Wildman–Crippen LogP) is 1.04. The van der Waals surface area contributed by atoms with E-state index in [1.165, 1.54) is 0 Å². The van der Waals surface area contributed by atoms with Crippen LogP contribution >= 0.6 is 0 Å². The molecule has 1 aliphatic rings. The largest absolute Gasteiger partial charge is 0.497 e. The molecular formula is C12H15NO2. The van der Waals surface area contributed by atoms with Crippen LogP contribution in [-0.4, -0.2) is 31.4 Å². The molecule has 2 N–H and O–H groups in total. The molecule has 1 heterocycles. The van der Waals surface area contributed by atoms with E-state index in [-0.39, 0.29) is 6.10 Å². The summed E-state index contributed by atoms with van der Waals surface area (Å²) in [5.74, 6) is 0.851. The molecule has 80 valence electrons. The number of nitrogens with one attached hydrogen (secondary N) is 1. The van der Waals surface area contributed by atoms with Gasteiger partial charge in [-0.2, -0.15) is 0 Å². The topological polar surface area (TPSA) is 41.5 Å². The van der Waals surface area contributed by atoms with Crippen molar-refractivity contribution in [3.05, 3.63) is 35.9 Å². The molecule has 0 saturated heterocycles. The zero-order valence-corrected chi connectivity index (χ0v) is 8.73. The van der Waals surface area contributed by atoms with E-state index in [1.54, 1.807) is 7.11 Å². The van der Waals surface area contributed by atoms with Gasteiger partial charge < -0.3 is 15.2 Å². The van der Waals surface area contributed by atoms with Crippen LogP contribution in [0, 0.1) is 0 Å². The summed E-state index contributed by atoms with van der Waals surface area (Å²) in [6.07, 6.45) is 1.52. The lowest BCUT2D eigenvalue weighted by Gasteiger charge is -2.18. The minimum Gasteiger partial charge on any atom is -0.497 e. The Hall–Kier alpha value is -1.32. The van der Waals surface area contributed by atoms with Crippen LogP contribution < -0.4 is 10.1 Å². The zero-order valence-electron chi connectivity index (χ0n) is 8.73. The first kappa shape index (κ1) is 10.2. The first-order valence-electron chi connectivity index (χ1n) is 5.03. The molecule has 3 heteroatoms. The maximum atomic E-state index is 9.48. The molecule has 15 heavy (non-hydrogen) atoms. The van der Waals surface area contributed by atoms with Crippen molar-refractivity contribution >= 4 is 5.57 Å². The van der Waals surface area contributed by atoms with E-state index in [1.807, 2.05) is 30.3 Å². The molecule has 1 aromatic rings. The number of rotatable bonds is 2. The van der Waals surface area contributed by atoms with Gasteiger partial charge in [-0.25, -0.2) is 0 Å². The lowest BCUT2D eigenvalue weighted by Crippen LogP contribution is -2.31. The summed E-state index contributed by atoms with van der Waals surface area (Å²) in [7, 11) is 1.65. The highest BCUT2D eigenvalue weighted by Crippen LogP contribution is 2.20. The molecular weight excluding hydrogens is 190 g/mol. The molecule has 0 amide bonds. The predicted molar refractivity (Wildman–Crippen MR) is 59.8 cm³/mol. The highest BCUT2D eigenvalue weighted by atomic mass is 16.5. The molecule has 0 aliphatic carbocycles. The second kappa shape index (κ2) is 4.47. The summed E-state index contributed by atoms with van der Waals surface area (Å²) in [4.78, 5) is 0. The third-order valence-electron chi connectivity index (χ3n) is 2.52. The Morgan fingerprint density at radius 3 is 2.67 bits per heavy atom. The molecule has 0 fully saturated rings. The van der Waals surface area contributed by atoms with Gasteiger partial charge in [0.2, 0.25) is 0 Å². The summed E-state index contributed by atoms with van der Waals surface area (Å²) < 4.78 is 5.09. The molecule has 1 aliphatic heterocycles. The number of hydrogen-bond donors (Lipinski definition) is 2. The van der Waals surface area contributed by atoms with Crippen LogP contribution in [0.2, 0.25) is 0 Å². The van der Waals surface area contributed by atoms with Crippen LogP contribution in [0.5, 0.6) is 5.75 Å². The van der Waals surface area contributed by atoms with E-state index in [9.17, 15) is 5.11 Å². The van der Waals surface area contributed by atoms with Gasteiger partial charge in [0.15, 0.2) is 0 Å². The maximum absolute atomic E-state index is 9.48. The molecule has 1 unspecified atom stereocenters. The standard InChI is InChI=1S/C12H15NO2/c1-15-12-4-2-9(3-5-12)10-6-11(14)8-13-7-10/h2-6,11,13-14H,7-8H2,1H3. The highest BCUT2D eigenvalue weighted by molar-refractivity contribution is 5.68. The molecule has 0 spiro atoms. The summed E-state index contributed by atoms with van der Waals surface area (Å²) in [5.41, 5.74) is 2.26. The van der Waals surface area contributed by atoms with E-state index in [4.69, 9.17) is 4.74 Å². The number of aliphatic hydroxyl groups is 1. The van der Waals surface area contributed by atoms with Crippen LogP contribution in [0.25, 0.3) is 5.57 Å². The molecule has 0 bridgehead atoms. The second-order valence-corrected chi connectivity index (χ2v) is 3.62. The van der Waals surface area contributed by atoms with Crippen molar-refractivity contribution in [1.29, 1.82) is 0 Å². The summed E-state index contributed by atoms with van der Waals surface area (Å²) >= 11 is 0. The fourth-order valence-corrected chi connectivity index (χ4v) is 1.71. The minimum atomic E-state index is -0.379. The van der Waals surface area contributed by atoms with E-state index in [0.717, 1.165) is 23.4 Å². The van der Waals surface area contributed by atoms with Crippen LogP contribution in [0.4, 0.5) is 0 Å². The lowest BCUT2D eigenvalue weighted by atomic mass is 10.0. The molecule has 2 rings (SSSR count). The Morgan fingerprint density at radius 2 is 2.07 bits per heavy atom. The third kappa shape index (κ3) is 2.37. The van der Waals surface area contributed by atoms with Gasteiger partial charge in [0, 0.05) is 13.1 Å². The third-order valence-corrected chi connectivity index (χ3v) is 2.52. The first-order chi connectivity index (χ1) is 7.29. The zero-order chi connectivity index (χ0) is 10.7. The summed E-state index contributed by atoms with van der Waals surface area (Å²) in [6, 6.07) is 7.86. The fourth-order valence-electron chi connectivity index (χ4n) is 1.71. The monoisotopic (exact) mass is 205 g/mol. The average Bonchev–Trinajstić information content (AvgIpc) is 2.29. The van der Waals surface area contributed by atoms with Crippen molar-refractivity contribution in [2.45, 2.75) is 6.10 Å². The normalized spacial score (nSPS) is 20.9. The lowest BCUT2D eigenvalue weighted by molar-refractivity contribution is 0.217. The van der Waals surface area contributed by atoms with Gasteiger partial charge in [0.25, 0.3) is 0 Å². The number of benzene rings is 1. The van der Waals surface area contributed by atoms with E-state index in [2.05, 4.69) is 5.32 Å². The molecule has 1 aromatic carbocycles. The Labute approximate surface area is 89.4 Å². The van der Waals surface area contributed by atoms with Crippen molar-refractivity contribution < 1.29 is 9.84 Å². The van der Waals surface area contributed by atoms with Crippen LogP contribution in [0.3, 0.4) is 0 Å². The van der Waals surface area contributed by atoms with Gasteiger partial charge in [0.05, 0.1) is 13.2 Å². The quantitative estimate of drug-likeness (QED) is 0.758. The molecule has 0 radical (unpaired) electrons. The van der Waals surface area contributed by atoms with Gasteiger partial charge in [0.1, 0.15) is 5.75 Å². The maximum Gasteiger partial charge on any atom is 0.118 e. The Kier molecular flexibility index (Phi) is 3.04. The highest BCUT2D eigenvalue weighted by Gasteiger charge is 2.11. The second-order valence-electron chi connectivity index (χ2n) is 3.62. The van der Waals surface area contributed by atoms with Gasteiger partial charge >= 0.3 is 0 Å². The number of methoxy groups -OCH3 is 1. The molecule has 3 nitrogen and oxygen atoms in total. The van der Waals surface area contributed by atoms with Crippen molar-refractivity contribution in [2.24, 2.45) is 0 Å². The van der Waals surface area contributed by atoms with Crippen molar-refractivity contribution in [3.63, 3.8) is 0 Å². The van der Waals surface area contributed by atoms with E-state index in [0.29, 0.717) is 6.54 Å². The van der Waals surface area contributed by atoms with Gasteiger partial charge in [-0.3, -0.25) is 0 Å². The van der Waals surface area contributed by atoms with Crippen molar-refractivity contribution in [3.8, 4) is 5.75 Å². The van der Waals surface area contributed by atoms with Crippen LogP contribution in [0.1, 0.15) is 5.56 Å². The number of ether oxygens (including phenoxy) is 1. The molecule has 1 atom stereocenters. The Morgan fingerprint density at radius 1 is 1.33 bits per heavy atom. The summed E-state index contributed by atoms with van der Waals surface area (Å²) in [6.45, 7) is 1.45. The fraction of sp³-hybridized carbons (Fsp3) is 0.333. The minimum absolute atomic E-state index is 0.379. The smallest absolute Gasteiger partial charge is 0.118 e. The number of β-amino-alcohol motifs (C(OH)–C–C–N with tert-alkyl or cyclic N) is 1. The SMILES string of the molecule is COc1ccc(C2=CC(O)CNC2)cc1. The molecule has 0 aromatic heterocycles. The van der Waals surface area contributed by atoms with Gasteiger partial charge in [-0.15, -0.1) is 0 Å². The average molecular weight is 205 g/mol. The van der Waals surface area contributed by atoms with E-state index < -0.39 is 0 Å². The van der Waals surface area contributed by atoms with E-state index >= 15 is 0 Å². The van der Waals surface area contributed by atoms with Gasteiger partial charge in [-0.05, 0) is 29.3 Å². The Balaban J connectivity index is 2.21. The molecule has 0 saturated carbocycles. The number of hydrogen-bond acceptors (Lipinski definition) is 3. The van der Waals surface area contributed by atoms with Crippen molar-refractivity contribution in [1.82, 2.24) is 5.32 Å². The Bertz CT molecular complexity index is 356. The first-order valence-corrected chi connectivity index (χ1v) is 5.03. The van der Waals surface area contributed by atoms with Crippen molar-refractivity contribution in [2.75, 3.05) is 20.2 Å². The number of aliphatic hydroxyl groups excluding tert-OH is 1. The van der Waals surface area contributed by atoms with Crippen LogP contribution in [0.15, 0.2) is 30.3 Å². The van der Waals surface area contributed by atoms with Gasteiger partial charge in [-0.1, -0.05) is 12.1 Å².